The predicted molar refractivity (Wildman–Crippen MR) is 386 cm³/mol. The lowest BCUT2D eigenvalue weighted by molar-refractivity contribution is -0.408. The molecule has 744 valence electrons. The Labute approximate surface area is 722 Å². The third-order valence-corrected chi connectivity index (χ3v) is 23.8. The molecule has 0 bridgehead atoms. The Balaban J connectivity index is 0.961. The van der Waals surface area contributed by atoms with Crippen molar-refractivity contribution in [1.29, 1.82) is 0 Å². The molecule has 11 fully saturated rings. The van der Waals surface area contributed by atoms with Gasteiger partial charge >= 0.3 is 0 Å². The zero-order chi connectivity index (χ0) is 94.0. The standard InChI is InChI=1S/C70H118N2O56/c1-14(82)71-27-38(93)52(23(10-80)110-60(27)107)121-61-28(72-15(2)83)39(94)53(24(11-81)118-61)122-66-51(106)55(124-69-59(46(101)35(90)21(8-78)116-69)128-70-58(45(100)34(89)22(9-79)117-70)127-65-49(104)42(97)31(86)18(5-75)113-65)37(92)26(120-66)12-108-62-50(105)54(123-68-57(44(99)33(88)20(7-77)115-68)126-64-48(103)41(96)30(85)17(4-74)112-64)36(91)25(119-62)13-109-67-56(43(98)32(87)19(6-76)114-67)125-63-47(102)40(95)29(84)16(3-73)111-63/h16-70,73-81,84-107H,3-13H2,1-2H3,(H,71,82)(H,72,83). The zero-order valence-corrected chi connectivity index (χ0v) is 67.7. The predicted octanol–water partition coefficient (Wildman–Crippen LogP) is -24.7. The van der Waals surface area contributed by atoms with Crippen LogP contribution in [0.2, 0.25) is 0 Å². The maximum absolute atomic E-state index is 13.1. The molecule has 0 aliphatic carbocycles. The van der Waals surface area contributed by atoms with Crippen LogP contribution in [0.4, 0.5) is 0 Å². The summed E-state index contributed by atoms with van der Waals surface area (Å²) in [7, 11) is 0. The molecule has 11 aliphatic rings. The molecular weight excluding hydrogens is 1760 g/mol. The van der Waals surface area contributed by atoms with E-state index >= 15 is 0 Å². The quantitative estimate of drug-likeness (QED) is 0.0290. The van der Waals surface area contributed by atoms with Crippen molar-refractivity contribution in [3.05, 3.63) is 0 Å². The summed E-state index contributed by atoms with van der Waals surface area (Å²) >= 11 is 0. The number of ether oxygens (including phenoxy) is 21. The van der Waals surface area contributed by atoms with E-state index in [1.54, 1.807) is 0 Å². The minimum absolute atomic E-state index is 0.824. The number of amides is 2. The lowest BCUT2D eigenvalue weighted by Gasteiger charge is -2.51. The van der Waals surface area contributed by atoms with Gasteiger partial charge in [-0.2, -0.15) is 0 Å². The maximum Gasteiger partial charge on any atom is 0.217 e. The van der Waals surface area contributed by atoms with Crippen LogP contribution < -0.4 is 10.6 Å². The third kappa shape index (κ3) is 22.5. The summed E-state index contributed by atoms with van der Waals surface area (Å²) in [6.07, 6.45) is -117. The van der Waals surface area contributed by atoms with Crippen LogP contribution in [0.1, 0.15) is 13.8 Å². The van der Waals surface area contributed by atoms with Crippen LogP contribution >= 0.6 is 0 Å². The normalized spacial score (nSPS) is 51.7. The van der Waals surface area contributed by atoms with Crippen molar-refractivity contribution < 1.29 is 278 Å². The van der Waals surface area contributed by atoms with Gasteiger partial charge in [0.2, 0.25) is 11.8 Å². The average molecular weight is 1880 g/mol. The first-order valence-corrected chi connectivity index (χ1v) is 40.7. The van der Waals surface area contributed by atoms with Gasteiger partial charge in [-0.1, -0.05) is 0 Å². The highest BCUT2D eigenvalue weighted by molar-refractivity contribution is 5.73. The Morgan fingerprint density at radius 2 is 0.430 bits per heavy atom. The highest BCUT2D eigenvalue weighted by atomic mass is 16.8. The topological polar surface area (TPSA) is 920 Å². The molecule has 55 atom stereocenters. The summed E-state index contributed by atoms with van der Waals surface area (Å²) in [5.41, 5.74) is 0. The van der Waals surface area contributed by atoms with Crippen LogP contribution in [0.3, 0.4) is 0 Å². The third-order valence-electron chi connectivity index (χ3n) is 23.8. The van der Waals surface area contributed by atoms with E-state index in [1.807, 2.05) is 0 Å². The van der Waals surface area contributed by atoms with E-state index in [0.717, 1.165) is 13.8 Å². The fourth-order valence-corrected chi connectivity index (χ4v) is 16.5. The molecule has 55 unspecified atom stereocenters. The number of hydrogen-bond donors (Lipinski definition) is 35. The van der Waals surface area contributed by atoms with E-state index < -0.39 is 422 Å². The number of carbonyl (C=O) groups is 2. The minimum Gasteiger partial charge on any atom is -0.394 e. The Hall–Kier alpha value is -3.22. The average Bonchev–Trinajstić information content (AvgIpc) is 0.765. The molecule has 58 heteroatoms. The van der Waals surface area contributed by atoms with Crippen LogP contribution in [0.25, 0.3) is 0 Å². The molecule has 128 heavy (non-hydrogen) atoms. The van der Waals surface area contributed by atoms with E-state index in [-0.39, 0.29) is 0 Å². The smallest absolute Gasteiger partial charge is 0.217 e. The van der Waals surface area contributed by atoms with E-state index in [4.69, 9.17) is 99.5 Å². The highest BCUT2D eigenvalue weighted by Crippen LogP contribution is 2.42. The van der Waals surface area contributed by atoms with Gasteiger partial charge in [0.05, 0.1) is 72.7 Å². The van der Waals surface area contributed by atoms with Gasteiger partial charge in [-0.25, -0.2) is 0 Å². The molecule has 0 aromatic heterocycles. The maximum atomic E-state index is 13.1. The van der Waals surface area contributed by atoms with Crippen molar-refractivity contribution in [1.82, 2.24) is 10.6 Å². The van der Waals surface area contributed by atoms with Gasteiger partial charge in [0.25, 0.3) is 0 Å². The number of rotatable bonds is 33. The lowest BCUT2D eigenvalue weighted by Crippen LogP contribution is -2.70. The second kappa shape index (κ2) is 45.8. The van der Waals surface area contributed by atoms with Crippen LogP contribution in [0.5, 0.6) is 0 Å². The molecule has 0 radical (unpaired) electrons. The molecule has 11 aliphatic heterocycles. The second-order valence-electron chi connectivity index (χ2n) is 32.3. The van der Waals surface area contributed by atoms with Crippen molar-refractivity contribution in [2.24, 2.45) is 0 Å². The zero-order valence-electron chi connectivity index (χ0n) is 67.7. The summed E-state index contributed by atoms with van der Waals surface area (Å²) in [5.74, 6) is -1.82. The van der Waals surface area contributed by atoms with Crippen molar-refractivity contribution >= 4 is 11.8 Å². The molecule has 11 heterocycles. The first-order chi connectivity index (χ1) is 60.7. The van der Waals surface area contributed by atoms with Crippen molar-refractivity contribution in [2.45, 2.75) is 351 Å². The Kier molecular flexibility index (Phi) is 37.7. The Morgan fingerprint density at radius 3 is 0.773 bits per heavy atom. The molecule has 2 amide bonds. The van der Waals surface area contributed by atoms with E-state index in [9.17, 15) is 178 Å². The fraction of sp³-hybridized carbons (Fsp3) is 0.971. The van der Waals surface area contributed by atoms with Gasteiger partial charge in [0.1, 0.15) is 268 Å². The van der Waals surface area contributed by atoms with Gasteiger partial charge < -0.3 is 279 Å². The van der Waals surface area contributed by atoms with E-state index in [1.165, 1.54) is 0 Å². The molecule has 11 rings (SSSR count). The molecular formula is C70H118N2O56. The molecule has 0 spiro atoms. The molecule has 0 saturated carbocycles. The number of hydrogen-bond acceptors (Lipinski definition) is 56. The highest BCUT2D eigenvalue weighted by Gasteiger charge is 2.62. The minimum atomic E-state index is -2.69. The molecule has 11 saturated heterocycles. The van der Waals surface area contributed by atoms with Crippen molar-refractivity contribution in [2.75, 3.05) is 72.7 Å². The van der Waals surface area contributed by atoms with E-state index in [0.29, 0.717) is 0 Å². The molecule has 58 nitrogen and oxygen atoms in total. The SMILES string of the molecule is CC(=O)NC1C(O)OC(CO)C(OC2OC(CO)C(OC3OC(COC4OC(COC5OC(CO)C(O)C(O)C5OC5OC(CO)C(O)C(O)C5O)C(O)C(OC5OC(CO)C(O)C(O)C5OC5OC(CO)C(O)C(O)C5O)C4O)C(O)C(OC4OC(CO)C(O)C(O)C4OC4OC(CO)C(O)C(O)C4OC4OC(CO)C(O)C(O)C4O)C3O)C(O)C2NC(C)=O)C1O. The van der Waals surface area contributed by atoms with Crippen molar-refractivity contribution in [3.63, 3.8) is 0 Å². The number of nitrogens with one attached hydrogen (secondary N) is 2. The van der Waals surface area contributed by atoms with Crippen LogP contribution in [0.15, 0.2) is 0 Å². The summed E-state index contributed by atoms with van der Waals surface area (Å²) in [6.45, 7) is -10.9. The summed E-state index contributed by atoms with van der Waals surface area (Å²) in [6, 6.07) is -3.71. The van der Waals surface area contributed by atoms with Gasteiger partial charge in [-0.15, -0.1) is 0 Å². The van der Waals surface area contributed by atoms with Crippen LogP contribution in [-0.2, 0) is 109 Å². The summed E-state index contributed by atoms with van der Waals surface area (Å²) in [4.78, 5) is 25.4. The van der Waals surface area contributed by atoms with Crippen LogP contribution in [-0.4, -0.2) is 591 Å². The summed E-state index contributed by atoms with van der Waals surface area (Å²) < 4.78 is 124. The van der Waals surface area contributed by atoms with Gasteiger partial charge in [-0.3, -0.25) is 9.59 Å². The first kappa shape index (κ1) is 105. The fourth-order valence-electron chi connectivity index (χ4n) is 16.5. The number of aliphatic hydroxyl groups is 33. The lowest BCUT2D eigenvalue weighted by atomic mass is 9.94. The Morgan fingerprint density at radius 1 is 0.203 bits per heavy atom. The Bertz CT molecular complexity index is 3380. The number of carbonyl (C=O) groups excluding carboxylic acids is 2. The second-order valence-corrected chi connectivity index (χ2v) is 32.3. The largest absolute Gasteiger partial charge is 0.394 e. The van der Waals surface area contributed by atoms with E-state index in [2.05, 4.69) is 10.6 Å². The number of aliphatic hydroxyl groups excluding tert-OH is 33. The van der Waals surface area contributed by atoms with Gasteiger partial charge in [0.15, 0.2) is 69.2 Å². The monoisotopic (exact) mass is 1880 g/mol. The molecule has 0 aromatic carbocycles. The van der Waals surface area contributed by atoms with Crippen molar-refractivity contribution in [3.8, 4) is 0 Å². The molecule has 35 N–H and O–H groups in total. The molecule has 0 aromatic rings. The first-order valence-electron chi connectivity index (χ1n) is 40.7. The van der Waals surface area contributed by atoms with Gasteiger partial charge in [-0.05, 0) is 0 Å². The summed E-state index contributed by atoms with van der Waals surface area (Å²) in [5, 5.41) is 372. The van der Waals surface area contributed by atoms with Crippen LogP contribution in [0, 0.1) is 0 Å². The van der Waals surface area contributed by atoms with Gasteiger partial charge in [0, 0.05) is 13.8 Å².